The van der Waals surface area contributed by atoms with Gasteiger partial charge >= 0.3 is 0 Å². The van der Waals surface area contributed by atoms with E-state index in [0.29, 0.717) is 25.7 Å². The molecule has 0 aromatic heterocycles. The van der Waals surface area contributed by atoms with Crippen molar-refractivity contribution in [3.05, 3.63) is 34.1 Å². The molecular weight excluding hydrogens is 399 g/mol. The molecule has 4 aliphatic heterocycles. The lowest BCUT2D eigenvalue weighted by Gasteiger charge is -2.47. The molecule has 1 aromatic rings. The van der Waals surface area contributed by atoms with Crippen LogP contribution in [0.4, 0.5) is 13.2 Å². The van der Waals surface area contributed by atoms with Crippen molar-refractivity contribution in [1.82, 2.24) is 15.5 Å². The second kappa shape index (κ2) is 7.16. The van der Waals surface area contributed by atoms with Gasteiger partial charge in [-0.15, -0.1) is 0 Å². The largest absolute Gasteiger partial charge is 0.330 e. The van der Waals surface area contributed by atoms with E-state index < -0.39 is 35.2 Å². The number of carbonyl (C=O) groups excluding carboxylic acids is 3. The predicted octanol–water partition coefficient (Wildman–Crippen LogP) is 1.56. The number of halogens is 3. The lowest BCUT2D eigenvalue weighted by molar-refractivity contribution is -0.131. The van der Waals surface area contributed by atoms with E-state index >= 15 is 0 Å². The number of nitrogens with one attached hydrogen (secondary N) is 2. The highest BCUT2D eigenvalue weighted by Crippen LogP contribution is 2.45. The van der Waals surface area contributed by atoms with Crippen molar-refractivity contribution in [2.24, 2.45) is 0 Å². The zero-order chi connectivity index (χ0) is 21.2. The van der Waals surface area contributed by atoms with E-state index in [0.717, 1.165) is 6.42 Å². The van der Waals surface area contributed by atoms with Crippen LogP contribution in [-0.4, -0.2) is 53.6 Å². The second-order valence-electron chi connectivity index (χ2n) is 8.82. The molecule has 160 valence electrons. The molecule has 0 radical (unpaired) electrons. The first kappa shape index (κ1) is 19.7. The number of rotatable bonds is 4. The number of carbonyl (C=O) groups is 3. The minimum atomic E-state index is -1.58. The number of hydrogen-bond donors (Lipinski definition) is 2. The van der Waals surface area contributed by atoms with Gasteiger partial charge in [-0.25, -0.2) is 13.2 Å². The smallest absolute Gasteiger partial charge is 0.257 e. The van der Waals surface area contributed by atoms with E-state index in [1.807, 2.05) is 0 Å². The van der Waals surface area contributed by atoms with Crippen molar-refractivity contribution in [2.45, 2.75) is 68.7 Å². The van der Waals surface area contributed by atoms with E-state index in [9.17, 15) is 27.6 Å². The monoisotopic (exact) mass is 421 g/mol. The van der Waals surface area contributed by atoms with Crippen LogP contribution in [0.1, 0.15) is 59.5 Å². The molecule has 5 aliphatic rings. The van der Waals surface area contributed by atoms with Crippen LogP contribution in [0.3, 0.4) is 0 Å². The average Bonchev–Trinajstić information content (AvgIpc) is 3.08. The van der Waals surface area contributed by atoms with E-state index in [4.69, 9.17) is 0 Å². The summed E-state index contributed by atoms with van der Waals surface area (Å²) in [5.41, 5.74) is 0.0460. The SMILES string of the molecule is O=CC(=O)C1CCC(N2Cc3c(c(F)c(F)c(F)c3C3CC4CC(C3)N4)C2=O)CN1. The second-order valence-corrected chi connectivity index (χ2v) is 8.82. The summed E-state index contributed by atoms with van der Waals surface area (Å²) in [6, 6.07) is -0.442. The van der Waals surface area contributed by atoms with Crippen LogP contribution >= 0.6 is 0 Å². The molecule has 6 nitrogen and oxygen atoms in total. The molecule has 9 heteroatoms. The van der Waals surface area contributed by atoms with Gasteiger partial charge in [-0.3, -0.25) is 14.4 Å². The summed E-state index contributed by atoms with van der Waals surface area (Å²) in [4.78, 5) is 36.7. The van der Waals surface area contributed by atoms with Crippen LogP contribution in [-0.2, 0) is 16.1 Å². The van der Waals surface area contributed by atoms with Crippen molar-refractivity contribution in [3.8, 4) is 0 Å². The molecule has 4 fully saturated rings. The topological polar surface area (TPSA) is 78.5 Å². The zero-order valence-corrected chi connectivity index (χ0v) is 16.2. The quantitative estimate of drug-likeness (QED) is 0.438. The van der Waals surface area contributed by atoms with Crippen LogP contribution in [0.25, 0.3) is 0 Å². The third-order valence-corrected chi connectivity index (χ3v) is 7.15. The first-order valence-corrected chi connectivity index (χ1v) is 10.4. The Morgan fingerprint density at radius 1 is 1.03 bits per heavy atom. The number of piperidine rings is 2. The summed E-state index contributed by atoms with van der Waals surface area (Å²) in [5, 5.41) is 6.30. The minimum Gasteiger partial charge on any atom is -0.330 e. The van der Waals surface area contributed by atoms with Gasteiger partial charge in [-0.05, 0) is 43.6 Å². The summed E-state index contributed by atoms with van der Waals surface area (Å²) >= 11 is 0. The molecule has 6 rings (SSSR count). The van der Waals surface area contributed by atoms with Gasteiger partial charge < -0.3 is 15.5 Å². The number of ketones is 1. The van der Waals surface area contributed by atoms with Crippen molar-refractivity contribution >= 4 is 18.0 Å². The summed E-state index contributed by atoms with van der Waals surface area (Å²) in [6.45, 7) is 0.277. The molecule has 0 spiro atoms. The molecule has 3 saturated heterocycles. The average molecular weight is 421 g/mol. The lowest BCUT2D eigenvalue weighted by atomic mass is 9.72. The Morgan fingerprint density at radius 2 is 1.73 bits per heavy atom. The number of aldehydes is 1. The van der Waals surface area contributed by atoms with Crippen LogP contribution in [0, 0.1) is 17.5 Å². The molecule has 1 saturated carbocycles. The van der Waals surface area contributed by atoms with Crippen molar-refractivity contribution in [1.29, 1.82) is 0 Å². The molecule has 2 N–H and O–H groups in total. The van der Waals surface area contributed by atoms with E-state index in [2.05, 4.69) is 10.6 Å². The van der Waals surface area contributed by atoms with Gasteiger partial charge in [0.2, 0.25) is 5.78 Å². The Balaban J connectivity index is 1.44. The predicted molar refractivity (Wildman–Crippen MR) is 99.4 cm³/mol. The first-order chi connectivity index (χ1) is 14.4. The molecule has 30 heavy (non-hydrogen) atoms. The Labute approximate surface area is 171 Å². The fourth-order valence-electron chi connectivity index (χ4n) is 5.65. The molecule has 1 amide bonds. The fraction of sp³-hybridized carbons (Fsp3) is 0.571. The van der Waals surface area contributed by atoms with E-state index in [-0.39, 0.29) is 60.1 Å². The van der Waals surface area contributed by atoms with Gasteiger partial charge in [0.15, 0.2) is 23.7 Å². The standard InChI is InChI=1S/C21H22F3N3O3/c22-18-16(9-3-10-5-11(4-9)26-10)13-7-27(21(30)17(13)19(23)20(18)24)12-1-2-14(25-6-12)15(29)8-28/h8-12,14,25-26H,1-7H2. The highest BCUT2D eigenvalue weighted by Gasteiger charge is 2.45. The molecule has 2 bridgehead atoms. The number of nitrogens with zero attached hydrogens (tertiary/aromatic N) is 1. The van der Waals surface area contributed by atoms with Gasteiger partial charge in [0.1, 0.15) is 0 Å². The van der Waals surface area contributed by atoms with Crippen molar-refractivity contribution in [2.75, 3.05) is 6.54 Å². The van der Waals surface area contributed by atoms with Gasteiger partial charge in [0, 0.05) is 36.8 Å². The Bertz CT molecular complexity index is 929. The van der Waals surface area contributed by atoms with Crippen LogP contribution in [0.15, 0.2) is 0 Å². The minimum absolute atomic E-state index is 0.0233. The Kier molecular flexibility index (Phi) is 4.70. The van der Waals surface area contributed by atoms with Crippen molar-refractivity contribution in [3.63, 3.8) is 0 Å². The molecule has 4 heterocycles. The van der Waals surface area contributed by atoms with Gasteiger partial charge in [0.25, 0.3) is 5.91 Å². The molecule has 4 atom stereocenters. The van der Waals surface area contributed by atoms with Gasteiger partial charge in [-0.2, -0.15) is 0 Å². The maximum atomic E-state index is 14.9. The van der Waals surface area contributed by atoms with Crippen LogP contribution in [0.2, 0.25) is 0 Å². The lowest BCUT2D eigenvalue weighted by Crippen LogP contribution is -2.57. The van der Waals surface area contributed by atoms with E-state index in [1.54, 1.807) is 0 Å². The third kappa shape index (κ3) is 2.90. The number of amides is 1. The fourth-order valence-corrected chi connectivity index (χ4v) is 5.65. The summed E-state index contributed by atoms with van der Waals surface area (Å²) in [6.07, 6.45) is 3.35. The van der Waals surface area contributed by atoms with Gasteiger partial charge in [0.05, 0.1) is 11.6 Å². The number of fused-ring (bicyclic) bond motifs is 3. The Hall–Kier alpha value is -2.26. The first-order valence-electron chi connectivity index (χ1n) is 10.4. The highest BCUT2D eigenvalue weighted by molar-refractivity contribution is 6.27. The maximum Gasteiger partial charge on any atom is 0.257 e. The summed E-state index contributed by atoms with van der Waals surface area (Å²) in [7, 11) is 0. The number of Topliss-reactive ketones (excluding diaryl/α,β-unsaturated/α-hetero) is 1. The van der Waals surface area contributed by atoms with Crippen LogP contribution in [0.5, 0.6) is 0 Å². The Morgan fingerprint density at radius 3 is 2.33 bits per heavy atom. The van der Waals surface area contributed by atoms with Crippen molar-refractivity contribution < 1.29 is 27.6 Å². The normalized spacial score (nSPS) is 32.6. The summed E-state index contributed by atoms with van der Waals surface area (Å²) < 4.78 is 43.9. The zero-order valence-electron chi connectivity index (χ0n) is 16.2. The van der Waals surface area contributed by atoms with Gasteiger partial charge in [-0.1, -0.05) is 0 Å². The molecule has 1 aromatic carbocycles. The maximum absolute atomic E-state index is 14.9. The highest BCUT2D eigenvalue weighted by atomic mass is 19.2. The third-order valence-electron chi connectivity index (χ3n) is 7.15. The number of hydrogen-bond acceptors (Lipinski definition) is 5. The number of benzene rings is 1. The summed E-state index contributed by atoms with van der Waals surface area (Å²) in [5.74, 6) is -5.61. The molecule has 1 aliphatic carbocycles. The van der Waals surface area contributed by atoms with E-state index in [1.165, 1.54) is 4.90 Å². The molecular formula is C21H22F3N3O3. The van der Waals surface area contributed by atoms with Crippen LogP contribution < -0.4 is 10.6 Å². The molecule has 4 unspecified atom stereocenters.